The molecule has 0 bridgehead atoms. The molecule has 0 spiro atoms. The summed E-state index contributed by atoms with van der Waals surface area (Å²) in [5.74, 6) is 1.72. The Morgan fingerprint density at radius 2 is 2.03 bits per heavy atom. The quantitative estimate of drug-likeness (QED) is 0.551. The number of nitrogens with zero attached hydrogens (tertiary/aromatic N) is 1. The molecule has 1 heterocycles. The maximum absolute atomic E-state index is 13.0. The number of methoxy groups -OCH3 is 1. The van der Waals surface area contributed by atoms with Crippen molar-refractivity contribution in [3.8, 4) is 5.75 Å². The number of ether oxygens (including phenoxy) is 1. The lowest BCUT2D eigenvalue weighted by Crippen LogP contribution is -2.61. The number of carbonyl (C=O) groups excluding carboxylic acids is 1. The van der Waals surface area contributed by atoms with Crippen molar-refractivity contribution in [1.29, 1.82) is 0 Å². The number of amides is 1. The number of piperidine rings is 1. The normalized spacial score (nSPS) is 28.9. The average molecular weight is 517 g/mol. The van der Waals surface area contributed by atoms with E-state index in [-0.39, 0.29) is 29.7 Å². The Morgan fingerprint density at radius 1 is 1.20 bits per heavy atom. The second-order valence-corrected chi connectivity index (χ2v) is 11.5. The van der Waals surface area contributed by atoms with Gasteiger partial charge in [-0.25, -0.2) is 0 Å². The topological polar surface area (TPSA) is 61.8 Å². The van der Waals surface area contributed by atoms with Crippen LogP contribution in [0.2, 0.25) is 10.0 Å². The number of fused-ring (bicyclic) bond motifs is 1. The van der Waals surface area contributed by atoms with Gasteiger partial charge in [0.15, 0.2) is 0 Å². The zero-order valence-electron chi connectivity index (χ0n) is 20.2. The summed E-state index contributed by atoms with van der Waals surface area (Å²) in [6.45, 7) is 3.06. The number of hydrogen-bond acceptors (Lipinski definition) is 4. The highest BCUT2D eigenvalue weighted by atomic mass is 35.5. The number of benzene rings is 2. The summed E-state index contributed by atoms with van der Waals surface area (Å²) in [4.78, 5) is 15.5. The molecule has 1 aliphatic heterocycles. The summed E-state index contributed by atoms with van der Waals surface area (Å²) in [6, 6.07) is 13.5. The standard InChI is InChI=1S/C28H34Cl2N2O3/c1-35-22-4-2-3-20(13-22)28-9-10-32(16-18-5-6-18)17-23(28)26(33)14-21(15-28)31-27(34)12-19-7-8-24(29)25(30)11-19/h2-4,7-8,11,13,18,21,23,26,33H,5-6,9-10,12,14-17H2,1H3,(H,31,34). The smallest absolute Gasteiger partial charge is 0.224 e. The van der Waals surface area contributed by atoms with Gasteiger partial charge < -0.3 is 20.1 Å². The molecule has 4 unspecified atom stereocenters. The molecule has 0 radical (unpaired) electrons. The lowest BCUT2D eigenvalue weighted by Gasteiger charge is -2.55. The third kappa shape index (κ3) is 5.48. The van der Waals surface area contributed by atoms with Crippen LogP contribution in [0.5, 0.6) is 5.75 Å². The first-order valence-electron chi connectivity index (χ1n) is 12.6. The first-order chi connectivity index (χ1) is 16.9. The molecule has 3 aliphatic rings. The van der Waals surface area contributed by atoms with E-state index in [9.17, 15) is 9.90 Å². The molecule has 0 aromatic heterocycles. The maximum Gasteiger partial charge on any atom is 0.224 e. The third-order valence-electron chi connectivity index (χ3n) is 8.21. The number of likely N-dealkylation sites (tertiary alicyclic amines) is 1. The van der Waals surface area contributed by atoms with Gasteiger partial charge in [-0.3, -0.25) is 4.79 Å². The molecule has 2 saturated carbocycles. The van der Waals surface area contributed by atoms with Crippen molar-refractivity contribution < 1.29 is 14.6 Å². The van der Waals surface area contributed by atoms with Gasteiger partial charge in [-0.15, -0.1) is 0 Å². The molecule has 1 amide bonds. The molecule has 188 valence electrons. The summed E-state index contributed by atoms with van der Waals surface area (Å²) in [6.07, 6.45) is 4.76. The fraction of sp³-hybridized carbons (Fsp3) is 0.536. The number of rotatable bonds is 7. The molecule has 2 aliphatic carbocycles. The van der Waals surface area contributed by atoms with Gasteiger partial charge in [-0.05, 0) is 80.0 Å². The average Bonchev–Trinajstić information content (AvgIpc) is 3.66. The molecule has 3 fully saturated rings. The van der Waals surface area contributed by atoms with E-state index in [0.717, 1.165) is 49.7 Å². The van der Waals surface area contributed by atoms with Crippen LogP contribution in [-0.2, 0) is 16.6 Å². The Bertz CT molecular complexity index is 1080. The van der Waals surface area contributed by atoms with Gasteiger partial charge in [0.25, 0.3) is 0 Å². The van der Waals surface area contributed by atoms with Gasteiger partial charge in [-0.1, -0.05) is 41.4 Å². The molecular weight excluding hydrogens is 483 g/mol. The third-order valence-corrected chi connectivity index (χ3v) is 8.95. The number of hydrogen-bond donors (Lipinski definition) is 2. The van der Waals surface area contributed by atoms with Crippen molar-refractivity contribution >= 4 is 29.1 Å². The first-order valence-corrected chi connectivity index (χ1v) is 13.4. The van der Waals surface area contributed by atoms with E-state index in [1.54, 1.807) is 19.2 Å². The molecule has 5 nitrogen and oxygen atoms in total. The summed E-state index contributed by atoms with van der Waals surface area (Å²) < 4.78 is 5.54. The maximum atomic E-state index is 13.0. The number of halogens is 2. The minimum absolute atomic E-state index is 0.0639. The summed E-state index contributed by atoms with van der Waals surface area (Å²) in [5.41, 5.74) is 1.82. The van der Waals surface area contributed by atoms with Crippen molar-refractivity contribution in [3.05, 3.63) is 63.6 Å². The predicted molar refractivity (Wildman–Crippen MR) is 139 cm³/mol. The number of carbonyl (C=O) groups is 1. The van der Waals surface area contributed by atoms with Crippen LogP contribution in [0.4, 0.5) is 0 Å². The van der Waals surface area contributed by atoms with E-state index in [2.05, 4.69) is 22.3 Å². The van der Waals surface area contributed by atoms with Crippen LogP contribution >= 0.6 is 23.2 Å². The Morgan fingerprint density at radius 3 is 2.77 bits per heavy atom. The van der Waals surface area contributed by atoms with E-state index < -0.39 is 6.10 Å². The van der Waals surface area contributed by atoms with Gasteiger partial charge in [0.2, 0.25) is 5.91 Å². The zero-order chi connectivity index (χ0) is 24.6. The Labute approximate surface area is 217 Å². The zero-order valence-corrected chi connectivity index (χ0v) is 21.7. The Balaban J connectivity index is 1.36. The number of aliphatic hydroxyl groups excluding tert-OH is 1. The minimum Gasteiger partial charge on any atom is -0.497 e. The van der Waals surface area contributed by atoms with Crippen molar-refractivity contribution in [2.75, 3.05) is 26.7 Å². The van der Waals surface area contributed by atoms with Crippen LogP contribution in [0.15, 0.2) is 42.5 Å². The van der Waals surface area contributed by atoms with Crippen LogP contribution in [0, 0.1) is 11.8 Å². The van der Waals surface area contributed by atoms with Crippen LogP contribution < -0.4 is 10.1 Å². The minimum atomic E-state index is -0.479. The second kappa shape index (κ2) is 10.3. The largest absolute Gasteiger partial charge is 0.497 e. The molecule has 7 heteroatoms. The van der Waals surface area contributed by atoms with Crippen LogP contribution in [-0.4, -0.2) is 54.8 Å². The van der Waals surface area contributed by atoms with E-state index in [0.29, 0.717) is 16.5 Å². The van der Waals surface area contributed by atoms with E-state index >= 15 is 0 Å². The number of nitrogens with one attached hydrogen (secondary N) is 1. The van der Waals surface area contributed by atoms with E-state index in [1.807, 2.05) is 18.2 Å². The first kappa shape index (κ1) is 24.9. The van der Waals surface area contributed by atoms with Crippen molar-refractivity contribution in [2.24, 2.45) is 11.8 Å². The fourth-order valence-corrected chi connectivity index (χ4v) is 6.59. The Hall–Kier alpha value is -1.79. The van der Waals surface area contributed by atoms with Crippen molar-refractivity contribution in [2.45, 2.75) is 56.1 Å². The summed E-state index contributed by atoms with van der Waals surface area (Å²) in [5, 5.41) is 15.6. The lowest BCUT2D eigenvalue weighted by molar-refractivity contribution is -0.122. The highest BCUT2D eigenvalue weighted by Crippen LogP contribution is 2.50. The Kier molecular flexibility index (Phi) is 7.32. The molecule has 2 N–H and O–H groups in total. The lowest BCUT2D eigenvalue weighted by atomic mass is 9.57. The van der Waals surface area contributed by atoms with E-state index in [1.165, 1.54) is 18.4 Å². The molecular formula is C28H34Cl2N2O3. The van der Waals surface area contributed by atoms with Crippen molar-refractivity contribution in [1.82, 2.24) is 10.2 Å². The van der Waals surface area contributed by atoms with Crippen LogP contribution in [0.1, 0.15) is 43.2 Å². The highest BCUT2D eigenvalue weighted by Gasteiger charge is 2.52. The van der Waals surface area contributed by atoms with Gasteiger partial charge in [-0.2, -0.15) is 0 Å². The SMILES string of the molecule is COc1cccc(C23CCN(CC4CC4)CC2C(O)CC(NC(=O)Cc2ccc(Cl)c(Cl)c2)C3)c1. The highest BCUT2D eigenvalue weighted by molar-refractivity contribution is 6.42. The molecule has 5 rings (SSSR count). The molecule has 35 heavy (non-hydrogen) atoms. The van der Waals surface area contributed by atoms with Crippen LogP contribution in [0.3, 0.4) is 0 Å². The fourth-order valence-electron chi connectivity index (χ4n) is 6.27. The van der Waals surface area contributed by atoms with Gasteiger partial charge in [0.05, 0.1) is 29.7 Å². The molecule has 2 aromatic carbocycles. The van der Waals surface area contributed by atoms with Gasteiger partial charge in [0, 0.05) is 30.5 Å². The van der Waals surface area contributed by atoms with Crippen LogP contribution in [0.25, 0.3) is 0 Å². The van der Waals surface area contributed by atoms with E-state index in [4.69, 9.17) is 27.9 Å². The van der Waals surface area contributed by atoms with Gasteiger partial charge >= 0.3 is 0 Å². The molecule has 2 aromatic rings. The monoisotopic (exact) mass is 516 g/mol. The molecule has 1 saturated heterocycles. The van der Waals surface area contributed by atoms with Crippen molar-refractivity contribution in [3.63, 3.8) is 0 Å². The van der Waals surface area contributed by atoms with Gasteiger partial charge in [0.1, 0.15) is 5.75 Å². The summed E-state index contributed by atoms with van der Waals surface area (Å²) >= 11 is 12.1. The summed E-state index contributed by atoms with van der Waals surface area (Å²) in [7, 11) is 1.69. The number of aliphatic hydroxyl groups is 1. The predicted octanol–water partition coefficient (Wildman–Crippen LogP) is 4.85. The molecule has 4 atom stereocenters. The second-order valence-electron chi connectivity index (χ2n) is 10.6.